The van der Waals surface area contributed by atoms with Crippen molar-refractivity contribution in [3.8, 4) is 11.5 Å². The van der Waals surface area contributed by atoms with Gasteiger partial charge in [-0.2, -0.15) is 0 Å². The summed E-state index contributed by atoms with van der Waals surface area (Å²) in [5.74, 6) is 2.58. The van der Waals surface area contributed by atoms with Crippen molar-refractivity contribution in [3.63, 3.8) is 0 Å². The van der Waals surface area contributed by atoms with Crippen LogP contribution in [0.25, 0.3) is 0 Å². The highest BCUT2D eigenvalue weighted by Gasteiger charge is 2.18. The Labute approximate surface area is 151 Å². The largest absolute Gasteiger partial charge is 0.490 e. The molecule has 1 aromatic heterocycles. The Morgan fingerprint density at radius 3 is 2.83 bits per heavy atom. The second kappa shape index (κ2) is 8.05. The summed E-state index contributed by atoms with van der Waals surface area (Å²) in [4.78, 5) is 2.15. The molecule has 2 aromatic rings. The zero-order valence-corrected chi connectivity index (χ0v) is 15.6. The number of likely N-dealkylation sites (N-methyl/N-ethyl adjacent to an activating group) is 1. The minimum atomic E-state index is 0.198. The number of hydrogen-bond acceptors (Lipinski definition) is 5. The highest BCUT2D eigenvalue weighted by molar-refractivity contribution is 9.10. The van der Waals surface area contributed by atoms with Gasteiger partial charge in [-0.15, -0.1) is 0 Å². The van der Waals surface area contributed by atoms with Gasteiger partial charge in [0.05, 0.1) is 30.0 Å². The molecule has 0 saturated carbocycles. The van der Waals surface area contributed by atoms with E-state index in [1.165, 1.54) is 0 Å². The van der Waals surface area contributed by atoms with Crippen LogP contribution in [0.5, 0.6) is 11.5 Å². The summed E-state index contributed by atoms with van der Waals surface area (Å²) in [6, 6.07) is 8.26. The maximum Gasteiger partial charge on any atom is 0.175 e. The molecule has 1 aromatic carbocycles. The van der Waals surface area contributed by atoms with Crippen LogP contribution in [0.2, 0.25) is 0 Å². The lowest BCUT2D eigenvalue weighted by Crippen LogP contribution is -2.30. The molecule has 1 aliphatic heterocycles. The summed E-state index contributed by atoms with van der Waals surface area (Å²) in [6.07, 6.45) is 2.62. The fourth-order valence-corrected chi connectivity index (χ4v) is 3.36. The van der Waals surface area contributed by atoms with Gasteiger partial charge in [0.2, 0.25) is 0 Å². The van der Waals surface area contributed by atoms with Crippen LogP contribution in [0.4, 0.5) is 0 Å². The maximum atomic E-state index is 5.79. The Balaban J connectivity index is 1.64. The molecule has 2 heterocycles. The summed E-state index contributed by atoms with van der Waals surface area (Å²) in [6.45, 7) is 2.93. The number of rotatable bonds is 6. The Hall–Kier alpha value is -1.50. The molecule has 1 unspecified atom stereocenters. The molecular weight excluding hydrogens is 372 g/mol. The summed E-state index contributed by atoms with van der Waals surface area (Å²) in [5, 5.41) is 3.50. The third-order valence-electron chi connectivity index (χ3n) is 4.02. The smallest absolute Gasteiger partial charge is 0.175 e. The molecule has 3 rings (SSSR count). The Morgan fingerprint density at radius 1 is 1.25 bits per heavy atom. The minimum absolute atomic E-state index is 0.198. The van der Waals surface area contributed by atoms with Gasteiger partial charge in [-0.1, -0.05) is 0 Å². The summed E-state index contributed by atoms with van der Waals surface area (Å²) >= 11 is 3.59. The van der Waals surface area contributed by atoms with Gasteiger partial charge < -0.3 is 19.2 Å². The molecule has 24 heavy (non-hydrogen) atoms. The van der Waals surface area contributed by atoms with Crippen molar-refractivity contribution in [2.75, 3.05) is 33.9 Å². The third kappa shape index (κ3) is 4.12. The quantitative estimate of drug-likeness (QED) is 0.810. The highest BCUT2D eigenvalue weighted by Crippen LogP contribution is 2.38. The Kier molecular flexibility index (Phi) is 5.81. The lowest BCUT2D eigenvalue weighted by molar-refractivity contribution is 0.250. The lowest BCUT2D eigenvalue weighted by Gasteiger charge is -2.23. The van der Waals surface area contributed by atoms with Crippen LogP contribution in [0.15, 0.2) is 39.4 Å². The summed E-state index contributed by atoms with van der Waals surface area (Å²) in [7, 11) is 4.11. The van der Waals surface area contributed by atoms with E-state index in [-0.39, 0.29) is 6.04 Å². The number of nitrogens with zero attached hydrogens (tertiary/aromatic N) is 1. The van der Waals surface area contributed by atoms with Crippen LogP contribution < -0.4 is 14.8 Å². The van der Waals surface area contributed by atoms with Crippen LogP contribution in [-0.4, -0.2) is 38.8 Å². The maximum absolute atomic E-state index is 5.79. The van der Waals surface area contributed by atoms with Gasteiger partial charge in [0, 0.05) is 19.5 Å². The monoisotopic (exact) mass is 394 g/mol. The number of nitrogens with one attached hydrogen (secondary N) is 1. The van der Waals surface area contributed by atoms with E-state index < -0.39 is 0 Å². The summed E-state index contributed by atoms with van der Waals surface area (Å²) in [5.41, 5.74) is 1.16. The van der Waals surface area contributed by atoms with E-state index in [1.54, 1.807) is 6.26 Å². The highest BCUT2D eigenvalue weighted by atomic mass is 79.9. The van der Waals surface area contributed by atoms with E-state index in [1.807, 2.05) is 12.1 Å². The Bertz CT molecular complexity index is 659. The molecule has 130 valence electrons. The van der Waals surface area contributed by atoms with Crippen molar-refractivity contribution in [2.24, 2.45) is 0 Å². The molecule has 0 fully saturated rings. The number of hydrogen-bond donors (Lipinski definition) is 1. The second-order valence-electron chi connectivity index (χ2n) is 6.08. The average Bonchev–Trinajstić information content (AvgIpc) is 2.96. The first-order valence-electron chi connectivity index (χ1n) is 8.13. The predicted octanol–water partition coefficient (Wildman–Crippen LogP) is 3.60. The SMILES string of the molecule is CN(C)C(CNCc1cc(Br)c2c(c1)OCCCO2)c1ccco1. The molecule has 0 saturated heterocycles. The number of fused-ring (bicyclic) bond motifs is 1. The van der Waals surface area contributed by atoms with Crippen LogP contribution >= 0.6 is 15.9 Å². The molecule has 0 spiro atoms. The van der Waals surface area contributed by atoms with E-state index in [0.717, 1.165) is 46.8 Å². The molecule has 1 N–H and O–H groups in total. The first kappa shape index (κ1) is 17.3. The van der Waals surface area contributed by atoms with Crippen LogP contribution in [0, 0.1) is 0 Å². The van der Waals surface area contributed by atoms with Gasteiger partial charge in [-0.25, -0.2) is 0 Å². The zero-order chi connectivity index (χ0) is 16.9. The molecule has 0 aliphatic carbocycles. The standard InChI is InChI=1S/C18H23BrN2O3/c1-21(2)15(16-5-3-6-22-16)12-20-11-13-9-14(19)18-17(10-13)23-7-4-8-24-18/h3,5-6,9-10,15,20H,4,7-8,11-12H2,1-2H3. The van der Waals surface area contributed by atoms with Gasteiger partial charge in [-0.05, 0) is 59.9 Å². The van der Waals surface area contributed by atoms with E-state index in [9.17, 15) is 0 Å². The third-order valence-corrected chi connectivity index (χ3v) is 4.61. The zero-order valence-electron chi connectivity index (χ0n) is 14.0. The molecule has 1 atom stereocenters. The molecule has 1 aliphatic rings. The van der Waals surface area contributed by atoms with Crippen molar-refractivity contribution in [3.05, 3.63) is 46.3 Å². The van der Waals surface area contributed by atoms with E-state index in [2.05, 4.69) is 52.4 Å². The number of benzene rings is 1. The number of halogens is 1. The van der Waals surface area contributed by atoms with Gasteiger partial charge in [0.1, 0.15) is 5.76 Å². The van der Waals surface area contributed by atoms with Gasteiger partial charge in [-0.3, -0.25) is 4.90 Å². The Morgan fingerprint density at radius 2 is 2.08 bits per heavy atom. The van der Waals surface area contributed by atoms with E-state index >= 15 is 0 Å². The number of furan rings is 1. The fourth-order valence-electron chi connectivity index (χ4n) is 2.76. The van der Waals surface area contributed by atoms with E-state index in [4.69, 9.17) is 13.9 Å². The van der Waals surface area contributed by atoms with E-state index in [0.29, 0.717) is 13.2 Å². The first-order chi connectivity index (χ1) is 11.6. The molecule has 0 amide bonds. The topological polar surface area (TPSA) is 46.9 Å². The van der Waals surface area contributed by atoms with Crippen LogP contribution in [-0.2, 0) is 6.54 Å². The molecule has 5 nitrogen and oxygen atoms in total. The van der Waals surface area contributed by atoms with Crippen LogP contribution in [0.3, 0.4) is 0 Å². The second-order valence-corrected chi connectivity index (χ2v) is 6.94. The van der Waals surface area contributed by atoms with Gasteiger partial charge in [0.15, 0.2) is 11.5 Å². The summed E-state index contributed by atoms with van der Waals surface area (Å²) < 4.78 is 18.0. The molecule has 0 radical (unpaired) electrons. The number of ether oxygens (including phenoxy) is 2. The molecular formula is C18H23BrN2O3. The van der Waals surface area contributed by atoms with Crippen molar-refractivity contribution < 1.29 is 13.9 Å². The molecule has 6 heteroatoms. The fraction of sp³-hybridized carbons (Fsp3) is 0.444. The van der Waals surface area contributed by atoms with Crippen molar-refractivity contribution >= 4 is 15.9 Å². The first-order valence-corrected chi connectivity index (χ1v) is 8.93. The van der Waals surface area contributed by atoms with Gasteiger partial charge in [0.25, 0.3) is 0 Å². The van der Waals surface area contributed by atoms with Gasteiger partial charge >= 0.3 is 0 Å². The van der Waals surface area contributed by atoms with Crippen molar-refractivity contribution in [2.45, 2.75) is 19.0 Å². The normalized spacial score (nSPS) is 15.3. The van der Waals surface area contributed by atoms with Crippen LogP contribution in [0.1, 0.15) is 23.8 Å². The van der Waals surface area contributed by atoms with Crippen molar-refractivity contribution in [1.29, 1.82) is 0 Å². The van der Waals surface area contributed by atoms with Crippen molar-refractivity contribution in [1.82, 2.24) is 10.2 Å². The predicted molar refractivity (Wildman–Crippen MR) is 96.6 cm³/mol. The minimum Gasteiger partial charge on any atom is -0.490 e. The molecule has 0 bridgehead atoms. The average molecular weight is 395 g/mol. The lowest BCUT2D eigenvalue weighted by atomic mass is 10.1.